The number of rotatable bonds is 2. The van der Waals surface area contributed by atoms with E-state index in [2.05, 4.69) is 76.4 Å². The lowest BCUT2D eigenvalue weighted by molar-refractivity contribution is 0.673. The number of aromatic nitrogens is 1. The van der Waals surface area contributed by atoms with Crippen LogP contribution < -0.4 is 10.6 Å². The third kappa shape index (κ3) is 2.11. The van der Waals surface area contributed by atoms with Gasteiger partial charge in [0.2, 0.25) is 0 Å². The maximum Gasteiger partial charge on any atom is 0.0961 e. The van der Waals surface area contributed by atoms with Crippen molar-refractivity contribution in [1.29, 1.82) is 0 Å². The van der Waals surface area contributed by atoms with Crippen LogP contribution in [0, 0.1) is 0 Å². The zero-order valence-corrected chi connectivity index (χ0v) is 17.0. The SMILES string of the molecule is S=C1Nc2ccccc2C1C1(c2c[nH]c3ccccc23)C(=S)Nc2ccccc21. The third-order valence-electron chi connectivity index (χ3n) is 6.20. The molecular weight excluding hydrogens is 394 g/mol. The molecule has 2 atom stereocenters. The maximum atomic E-state index is 6.07. The Hall–Kier alpha value is -3.02. The molecule has 3 aromatic carbocycles. The summed E-state index contributed by atoms with van der Waals surface area (Å²) in [6.07, 6.45) is 2.10. The molecule has 0 amide bonds. The highest BCUT2D eigenvalue weighted by molar-refractivity contribution is 7.81. The molecule has 0 aliphatic carbocycles. The van der Waals surface area contributed by atoms with Gasteiger partial charge < -0.3 is 15.6 Å². The molecule has 3 N–H and O–H groups in total. The summed E-state index contributed by atoms with van der Waals surface area (Å²) in [6.45, 7) is 0. The van der Waals surface area contributed by atoms with Gasteiger partial charge in [-0.15, -0.1) is 0 Å². The van der Waals surface area contributed by atoms with Crippen LogP contribution in [0.15, 0.2) is 79.0 Å². The molecule has 29 heavy (non-hydrogen) atoms. The van der Waals surface area contributed by atoms with Gasteiger partial charge in [-0.05, 0) is 34.9 Å². The number of hydrogen-bond donors (Lipinski definition) is 3. The van der Waals surface area contributed by atoms with Gasteiger partial charge in [-0.2, -0.15) is 0 Å². The third-order valence-corrected chi connectivity index (χ3v) is 6.96. The molecule has 0 spiro atoms. The molecule has 4 aromatic rings. The number of hydrogen-bond acceptors (Lipinski definition) is 2. The number of aromatic amines is 1. The zero-order chi connectivity index (χ0) is 19.6. The van der Waals surface area contributed by atoms with E-state index in [0.717, 1.165) is 32.4 Å². The zero-order valence-electron chi connectivity index (χ0n) is 15.4. The molecule has 2 aliphatic rings. The monoisotopic (exact) mass is 411 g/mol. The Balaban J connectivity index is 1.75. The van der Waals surface area contributed by atoms with Gasteiger partial charge in [0.05, 0.1) is 21.3 Å². The highest BCUT2D eigenvalue weighted by Gasteiger charge is 2.56. The van der Waals surface area contributed by atoms with Gasteiger partial charge in [-0.1, -0.05) is 79.0 Å². The fraction of sp³-hybridized carbons (Fsp3) is 0.0833. The predicted octanol–water partition coefficient (Wildman–Crippen LogP) is 5.74. The first kappa shape index (κ1) is 16.9. The number of para-hydroxylation sites is 3. The highest BCUT2D eigenvalue weighted by Crippen LogP contribution is 2.56. The van der Waals surface area contributed by atoms with Gasteiger partial charge in [-0.3, -0.25) is 0 Å². The summed E-state index contributed by atoms with van der Waals surface area (Å²) >= 11 is 12.0. The molecule has 5 heteroatoms. The summed E-state index contributed by atoms with van der Waals surface area (Å²) in [7, 11) is 0. The fourth-order valence-corrected chi connectivity index (χ4v) is 5.89. The van der Waals surface area contributed by atoms with E-state index in [9.17, 15) is 0 Å². The minimum Gasteiger partial charge on any atom is -0.361 e. The molecule has 6 rings (SSSR count). The number of nitrogens with one attached hydrogen (secondary N) is 3. The average molecular weight is 412 g/mol. The van der Waals surface area contributed by atoms with Gasteiger partial charge in [0.25, 0.3) is 0 Å². The van der Waals surface area contributed by atoms with Crippen molar-refractivity contribution in [3.05, 3.63) is 95.7 Å². The van der Waals surface area contributed by atoms with Crippen LogP contribution in [-0.4, -0.2) is 15.0 Å². The van der Waals surface area contributed by atoms with Gasteiger partial charge in [0.15, 0.2) is 0 Å². The summed E-state index contributed by atoms with van der Waals surface area (Å²) in [5.74, 6) is -0.0865. The molecule has 3 nitrogen and oxygen atoms in total. The van der Waals surface area contributed by atoms with Crippen LogP contribution in [0.5, 0.6) is 0 Å². The smallest absolute Gasteiger partial charge is 0.0961 e. The van der Waals surface area contributed by atoms with Crippen LogP contribution in [0.3, 0.4) is 0 Å². The Morgan fingerprint density at radius 1 is 0.724 bits per heavy atom. The Morgan fingerprint density at radius 2 is 1.45 bits per heavy atom. The van der Waals surface area contributed by atoms with Gasteiger partial charge in [0, 0.05) is 28.5 Å². The molecule has 0 bridgehead atoms. The van der Waals surface area contributed by atoms with Crippen LogP contribution in [0.1, 0.15) is 22.6 Å². The second-order valence-corrected chi connectivity index (χ2v) is 8.41. The van der Waals surface area contributed by atoms with E-state index in [-0.39, 0.29) is 5.92 Å². The number of benzene rings is 3. The molecule has 2 unspecified atom stereocenters. The number of fused-ring (bicyclic) bond motifs is 3. The summed E-state index contributed by atoms with van der Waals surface area (Å²) < 4.78 is 0. The Labute approximate surface area is 179 Å². The van der Waals surface area contributed by atoms with E-state index < -0.39 is 5.41 Å². The molecule has 0 fully saturated rings. The predicted molar refractivity (Wildman–Crippen MR) is 127 cm³/mol. The maximum absolute atomic E-state index is 6.07. The van der Waals surface area contributed by atoms with Crippen molar-refractivity contribution < 1.29 is 0 Å². The first-order chi connectivity index (χ1) is 14.2. The first-order valence-electron chi connectivity index (χ1n) is 9.58. The molecule has 0 saturated heterocycles. The van der Waals surface area contributed by atoms with Crippen LogP contribution >= 0.6 is 24.4 Å². The standard InChI is InChI=1S/C24H17N3S2/c28-22-21(15-8-2-5-11-19(15)26-22)24(16-9-3-6-12-20(16)27-23(24)29)17-13-25-18-10-4-1-7-14(17)18/h1-13,21,25H,(H,26,28)(H,27,29). The minimum absolute atomic E-state index is 0.0865. The number of thiocarbonyl (C=S) groups is 2. The molecule has 3 heterocycles. The van der Waals surface area contributed by atoms with Crippen molar-refractivity contribution in [2.45, 2.75) is 11.3 Å². The Kier molecular flexibility index (Phi) is 3.49. The summed E-state index contributed by atoms with van der Waals surface area (Å²) in [5, 5.41) is 8.11. The lowest BCUT2D eigenvalue weighted by Gasteiger charge is -2.36. The van der Waals surface area contributed by atoms with Gasteiger partial charge in [-0.25, -0.2) is 0 Å². The van der Waals surface area contributed by atoms with Crippen LogP contribution in [-0.2, 0) is 5.41 Å². The molecule has 0 saturated carbocycles. The lowest BCUT2D eigenvalue weighted by Crippen LogP contribution is -2.43. The number of H-pyrrole nitrogens is 1. The van der Waals surface area contributed by atoms with Crippen molar-refractivity contribution in [3.8, 4) is 0 Å². The summed E-state index contributed by atoms with van der Waals surface area (Å²) in [6, 6.07) is 25.1. The lowest BCUT2D eigenvalue weighted by atomic mass is 9.65. The van der Waals surface area contributed by atoms with Gasteiger partial charge >= 0.3 is 0 Å². The van der Waals surface area contributed by atoms with Crippen LogP contribution in [0.4, 0.5) is 11.4 Å². The second kappa shape index (κ2) is 5.99. The second-order valence-electron chi connectivity index (χ2n) is 7.57. The van der Waals surface area contributed by atoms with Crippen molar-refractivity contribution in [3.63, 3.8) is 0 Å². The van der Waals surface area contributed by atoms with E-state index in [1.807, 2.05) is 18.2 Å². The van der Waals surface area contributed by atoms with Crippen molar-refractivity contribution >= 4 is 56.7 Å². The molecule has 1 aromatic heterocycles. The minimum atomic E-state index is -0.581. The average Bonchev–Trinajstić information content (AvgIpc) is 3.39. The normalized spacial score (nSPS) is 22.3. The van der Waals surface area contributed by atoms with E-state index in [1.165, 1.54) is 16.5 Å². The van der Waals surface area contributed by atoms with E-state index >= 15 is 0 Å². The molecule has 140 valence electrons. The topological polar surface area (TPSA) is 39.9 Å². The van der Waals surface area contributed by atoms with Crippen LogP contribution in [0.2, 0.25) is 0 Å². The van der Waals surface area contributed by atoms with Crippen molar-refractivity contribution in [1.82, 2.24) is 4.98 Å². The molecular formula is C24H17N3S2. The van der Waals surface area contributed by atoms with Crippen LogP contribution in [0.25, 0.3) is 10.9 Å². The first-order valence-corrected chi connectivity index (χ1v) is 10.4. The van der Waals surface area contributed by atoms with E-state index in [4.69, 9.17) is 24.4 Å². The largest absolute Gasteiger partial charge is 0.361 e. The van der Waals surface area contributed by atoms with E-state index in [0.29, 0.717) is 0 Å². The molecule has 0 radical (unpaired) electrons. The Bertz CT molecular complexity index is 1320. The van der Waals surface area contributed by atoms with Crippen molar-refractivity contribution in [2.75, 3.05) is 10.6 Å². The molecule has 2 aliphatic heterocycles. The highest BCUT2D eigenvalue weighted by atomic mass is 32.1. The summed E-state index contributed by atoms with van der Waals surface area (Å²) in [4.78, 5) is 5.04. The quantitative estimate of drug-likeness (QED) is 0.368. The van der Waals surface area contributed by atoms with Crippen molar-refractivity contribution in [2.24, 2.45) is 0 Å². The van der Waals surface area contributed by atoms with Gasteiger partial charge in [0.1, 0.15) is 0 Å². The Morgan fingerprint density at radius 3 is 2.34 bits per heavy atom. The summed E-state index contributed by atoms with van der Waals surface area (Å²) in [5.41, 5.74) is 6.14. The van der Waals surface area contributed by atoms with E-state index in [1.54, 1.807) is 0 Å². The number of anilines is 2. The fourth-order valence-electron chi connectivity index (χ4n) is 5.03.